The SMILES string of the molecule is Cc1cccc2nc(-c3ccc(C(=O)NC4CC(C)(C)NC(C)(C)C4)cc3Br)[nH]c12. The maximum atomic E-state index is 12.9. The van der Waals surface area contributed by atoms with Crippen molar-refractivity contribution in [1.82, 2.24) is 20.6 Å². The van der Waals surface area contributed by atoms with Crippen LogP contribution in [0, 0.1) is 6.92 Å². The van der Waals surface area contributed by atoms with Crippen LogP contribution in [0.2, 0.25) is 0 Å². The molecule has 0 spiro atoms. The number of para-hydroxylation sites is 1. The Hall–Kier alpha value is -2.18. The second kappa shape index (κ2) is 7.50. The minimum Gasteiger partial charge on any atom is -0.349 e. The van der Waals surface area contributed by atoms with E-state index in [1.807, 2.05) is 30.3 Å². The Morgan fingerprint density at radius 3 is 2.47 bits per heavy atom. The normalized spacial score (nSPS) is 18.5. The first-order valence-corrected chi connectivity index (χ1v) is 11.2. The number of nitrogens with zero attached hydrogens (tertiary/aromatic N) is 1. The van der Waals surface area contributed by atoms with Gasteiger partial charge in [0.05, 0.1) is 11.0 Å². The van der Waals surface area contributed by atoms with Crippen LogP contribution in [0.5, 0.6) is 0 Å². The maximum absolute atomic E-state index is 12.9. The third kappa shape index (κ3) is 4.30. The molecule has 0 unspecified atom stereocenters. The van der Waals surface area contributed by atoms with Crippen molar-refractivity contribution >= 4 is 32.9 Å². The number of rotatable bonds is 3. The van der Waals surface area contributed by atoms with Gasteiger partial charge in [-0.3, -0.25) is 4.79 Å². The van der Waals surface area contributed by atoms with Crippen LogP contribution in [-0.4, -0.2) is 33.0 Å². The number of halogens is 1. The molecule has 5 nitrogen and oxygen atoms in total. The fraction of sp³-hybridized carbons (Fsp3) is 0.417. The molecular formula is C24H29BrN4O. The van der Waals surface area contributed by atoms with Crippen LogP contribution < -0.4 is 10.6 Å². The molecule has 1 fully saturated rings. The average Bonchev–Trinajstić information content (AvgIpc) is 3.04. The van der Waals surface area contributed by atoms with Crippen molar-refractivity contribution in [3.63, 3.8) is 0 Å². The number of aromatic nitrogens is 2. The summed E-state index contributed by atoms with van der Waals surface area (Å²) in [6, 6.07) is 11.9. The highest BCUT2D eigenvalue weighted by atomic mass is 79.9. The Bertz CT molecular complexity index is 1100. The second-order valence-corrected chi connectivity index (χ2v) is 10.6. The maximum Gasteiger partial charge on any atom is 0.251 e. The molecule has 1 aliphatic rings. The average molecular weight is 469 g/mol. The predicted molar refractivity (Wildman–Crippen MR) is 126 cm³/mol. The van der Waals surface area contributed by atoms with E-state index in [2.05, 4.69) is 72.2 Å². The Balaban J connectivity index is 1.55. The number of imidazole rings is 1. The van der Waals surface area contributed by atoms with Gasteiger partial charge in [0.25, 0.3) is 5.91 Å². The zero-order valence-electron chi connectivity index (χ0n) is 18.2. The van der Waals surface area contributed by atoms with Crippen molar-refractivity contribution in [2.24, 2.45) is 0 Å². The topological polar surface area (TPSA) is 69.8 Å². The van der Waals surface area contributed by atoms with E-state index in [9.17, 15) is 4.79 Å². The molecule has 1 saturated heterocycles. The quantitative estimate of drug-likeness (QED) is 0.485. The van der Waals surface area contributed by atoms with Gasteiger partial charge in [-0.05, 0) is 77.3 Å². The van der Waals surface area contributed by atoms with Crippen LogP contribution in [0.1, 0.15) is 56.5 Å². The van der Waals surface area contributed by atoms with Gasteiger partial charge in [-0.15, -0.1) is 0 Å². The molecule has 0 radical (unpaired) electrons. The molecule has 158 valence electrons. The largest absolute Gasteiger partial charge is 0.349 e. The van der Waals surface area contributed by atoms with Crippen molar-refractivity contribution in [3.8, 4) is 11.4 Å². The molecule has 2 heterocycles. The van der Waals surface area contributed by atoms with Gasteiger partial charge in [0.1, 0.15) is 5.82 Å². The van der Waals surface area contributed by atoms with E-state index in [0.29, 0.717) is 5.56 Å². The van der Waals surface area contributed by atoms with Crippen LogP contribution in [-0.2, 0) is 0 Å². The lowest BCUT2D eigenvalue weighted by atomic mass is 9.79. The van der Waals surface area contributed by atoms with Gasteiger partial charge >= 0.3 is 0 Å². The number of carbonyl (C=O) groups excluding carboxylic acids is 1. The third-order valence-electron chi connectivity index (χ3n) is 5.74. The summed E-state index contributed by atoms with van der Waals surface area (Å²) >= 11 is 3.64. The molecule has 0 bridgehead atoms. The van der Waals surface area contributed by atoms with Crippen LogP contribution in [0.15, 0.2) is 40.9 Å². The smallest absolute Gasteiger partial charge is 0.251 e. The highest BCUT2D eigenvalue weighted by Crippen LogP contribution is 2.31. The lowest BCUT2D eigenvalue weighted by molar-refractivity contribution is 0.0873. The number of hydrogen-bond acceptors (Lipinski definition) is 3. The van der Waals surface area contributed by atoms with Gasteiger partial charge in [0.2, 0.25) is 0 Å². The van der Waals surface area contributed by atoms with E-state index in [1.165, 1.54) is 0 Å². The third-order valence-corrected chi connectivity index (χ3v) is 6.39. The lowest BCUT2D eigenvalue weighted by Crippen LogP contribution is -2.62. The first-order valence-electron chi connectivity index (χ1n) is 10.4. The molecule has 0 aliphatic carbocycles. The van der Waals surface area contributed by atoms with Crippen LogP contribution in [0.25, 0.3) is 22.4 Å². The number of fused-ring (bicyclic) bond motifs is 1. The van der Waals surface area contributed by atoms with Crippen LogP contribution in [0.4, 0.5) is 0 Å². The summed E-state index contributed by atoms with van der Waals surface area (Å²) in [5, 5.41) is 6.89. The summed E-state index contributed by atoms with van der Waals surface area (Å²) in [6.07, 6.45) is 1.81. The van der Waals surface area contributed by atoms with Crippen molar-refractivity contribution < 1.29 is 4.79 Å². The van der Waals surface area contributed by atoms with Gasteiger partial charge < -0.3 is 15.6 Å². The molecular weight excluding hydrogens is 440 g/mol. The Labute approximate surface area is 186 Å². The van der Waals surface area contributed by atoms with E-state index in [-0.39, 0.29) is 23.0 Å². The summed E-state index contributed by atoms with van der Waals surface area (Å²) in [7, 11) is 0. The monoisotopic (exact) mass is 468 g/mol. The highest BCUT2D eigenvalue weighted by Gasteiger charge is 2.38. The lowest BCUT2D eigenvalue weighted by Gasteiger charge is -2.46. The number of H-pyrrole nitrogens is 1. The van der Waals surface area contributed by atoms with Crippen LogP contribution in [0.3, 0.4) is 0 Å². The molecule has 1 aliphatic heterocycles. The Morgan fingerprint density at radius 1 is 1.13 bits per heavy atom. The van der Waals surface area contributed by atoms with Gasteiger partial charge in [0.15, 0.2) is 0 Å². The zero-order valence-corrected chi connectivity index (χ0v) is 19.8. The number of nitrogens with one attached hydrogen (secondary N) is 3. The fourth-order valence-electron chi connectivity index (χ4n) is 4.84. The Kier molecular flexibility index (Phi) is 5.27. The predicted octanol–water partition coefficient (Wildman–Crippen LogP) is 5.34. The van der Waals surface area contributed by atoms with E-state index in [4.69, 9.17) is 4.98 Å². The van der Waals surface area contributed by atoms with Gasteiger partial charge in [-0.2, -0.15) is 0 Å². The number of carbonyl (C=O) groups is 1. The van der Waals surface area contributed by atoms with Gasteiger partial charge in [-0.1, -0.05) is 28.1 Å². The van der Waals surface area contributed by atoms with E-state index >= 15 is 0 Å². The van der Waals surface area contributed by atoms with E-state index in [1.54, 1.807) is 0 Å². The fourth-order valence-corrected chi connectivity index (χ4v) is 5.41. The summed E-state index contributed by atoms with van der Waals surface area (Å²) in [4.78, 5) is 21.1. The molecule has 30 heavy (non-hydrogen) atoms. The molecule has 3 N–H and O–H groups in total. The summed E-state index contributed by atoms with van der Waals surface area (Å²) in [6.45, 7) is 10.8. The van der Waals surface area contributed by atoms with Gasteiger partial charge in [-0.25, -0.2) is 4.98 Å². The van der Waals surface area contributed by atoms with E-state index < -0.39 is 0 Å². The van der Waals surface area contributed by atoms with Crippen molar-refractivity contribution in [3.05, 3.63) is 52.0 Å². The summed E-state index contributed by atoms with van der Waals surface area (Å²) < 4.78 is 0.845. The second-order valence-electron chi connectivity index (χ2n) is 9.72. The molecule has 0 saturated carbocycles. The summed E-state index contributed by atoms with van der Waals surface area (Å²) in [5.41, 5.74) is 4.70. The standard InChI is InChI=1S/C24H29BrN4O/c1-14-7-6-8-19-20(14)28-21(27-19)17-10-9-15(11-18(17)25)22(30)26-16-12-23(2,3)29-24(4,5)13-16/h6-11,16,29H,12-13H2,1-5H3,(H,26,30)(H,27,28). The number of amides is 1. The number of piperidine rings is 1. The number of aryl methyl sites for hydroxylation is 1. The molecule has 0 atom stereocenters. The highest BCUT2D eigenvalue weighted by molar-refractivity contribution is 9.10. The molecule has 1 aromatic heterocycles. The van der Waals surface area contributed by atoms with Crippen LogP contribution >= 0.6 is 15.9 Å². The molecule has 3 aromatic rings. The molecule has 4 rings (SSSR count). The van der Waals surface area contributed by atoms with Crippen molar-refractivity contribution in [2.45, 2.75) is 64.6 Å². The van der Waals surface area contributed by atoms with Gasteiger partial charge in [0, 0.05) is 32.7 Å². The minimum absolute atomic E-state index is 0.0104. The molecule has 2 aromatic carbocycles. The Morgan fingerprint density at radius 2 is 1.83 bits per heavy atom. The first kappa shape index (κ1) is 21.1. The number of benzene rings is 2. The zero-order chi connectivity index (χ0) is 21.7. The molecule has 1 amide bonds. The summed E-state index contributed by atoms with van der Waals surface area (Å²) in [5.74, 6) is 0.751. The van der Waals surface area contributed by atoms with Crippen molar-refractivity contribution in [2.75, 3.05) is 0 Å². The number of aromatic amines is 1. The minimum atomic E-state index is -0.0406. The van der Waals surface area contributed by atoms with E-state index in [0.717, 1.165) is 45.3 Å². The number of hydrogen-bond donors (Lipinski definition) is 3. The van der Waals surface area contributed by atoms with Crippen molar-refractivity contribution in [1.29, 1.82) is 0 Å². The first-order chi connectivity index (χ1) is 14.0. The molecule has 6 heteroatoms.